The lowest BCUT2D eigenvalue weighted by Gasteiger charge is -2.21. The maximum absolute atomic E-state index is 13.0. The van der Waals surface area contributed by atoms with Crippen molar-refractivity contribution in [2.24, 2.45) is 10.3 Å². The SMILES string of the molecule is COc1ccc(N2C(=O)C3N=NN(Cc4ccc(Cl)cc4)C3C2=O)cc1Cl. The van der Waals surface area contributed by atoms with Crippen molar-refractivity contribution in [3.05, 3.63) is 58.1 Å². The van der Waals surface area contributed by atoms with E-state index in [9.17, 15) is 9.59 Å². The fourth-order valence-electron chi connectivity index (χ4n) is 3.18. The molecule has 0 aromatic heterocycles. The second-order valence-corrected chi connectivity index (χ2v) is 6.99. The van der Waals surface area contributed by atoms with Gasteiger partial charge in [0.05, 0.1) is 24.4 Å². The number of anilines is 1. The van der Waals surface area contributed by atoms with E-state index < -0.39 is 18.0 Å². The maximum atomic E-state index is 13.0. The molecule has 2 aromatic carbocycles. The fourth-order valence-corrected chi connectivity index (χ4v) is 3.56. The number of halogens is 2. The molecule has 2 aromatic rings. The van der Waals surface area contributed by atoms with Crippen LogP contribution < -0.4 is 9.64 Å². The van der Waals surface area contributed by atoms with E-state index >= 15 is 0 Å². The van der Waals surface area contributed by atoms with E-state index in [2.05, 4.69) is 10.3 Å². The Kier molecular flexibility index (Phi) is 4.49. The summed E-state index contributed by atoms with van der Waals surface area (Å²) >= 11 is 12.0. The van der Waals surface area contributed by atoms with Crippen molar-refractivity contribution in [3.8, 4) is 5.75 Å². The van der Waals surface area contributed by atoms with Gasteiger partial charge < -0.3 is 4.74 Å². The molecule has 0 spiro atoms. The first-order valence-corrected chi connectivity index (χ1v) is 8.88. The summed E-state index contributed by atoms with van der Waals surface area (Å²) in [4.78, 5) is 26.8. The molecular weight excluding hydrogens is 391 g/mol. The van der Waals surface area contributed by atoms with Crippen molar-refractivity contribution in [1.82, 2.24) is 5.01 Å². The first kappa shape index (κ1) is 17.8. The van der Waals surface area contributed by atoms with Gasteiger partial charge in [0.2, 0.25) is 0 Å². The molecular formula is C18H14Cl2N4O3. The molecule has 2 heterocycles. The highest BCUT2D eigenvalue weighted by molar-refractivity contribution is 6.33. The molecule has 1 saturated heterocycles. The van der Waals surface area contributed by atoms with Crippen LogP contribution in [0.5, 0.6) is 5.75 Å². The molecule has 27 heavy (non-hydrogen) atoms. The van der Waals surface area contributed by atoms with Crippen LogP contribution in [0.4, 0.5) is 5.69 Å². The number of hydrogen-bond donors (Lipinski definition) is 0. The molecule has 2 aliphatic heterocycles. The summed E-state index contributed by atoms with van der Waals surface area (Å²) in [6, 6.07) is 10.3. The number of fused-ring (bicyclic) bond motifs is 1. The third-order valence-corrected chi connectivity index (χ3v) is 5.06. The second kappa shape index (κ2) is 6.83. The molecule has 2 atom stereocenters. The summed E-state index contributed by atoms with van der Waals surface area (Å²) in [6.07, 6.45) is 0. The van der Waals surface area contributed by atoms with Crippen molar-refractivity contribution >= 4 is 40.7 Å². The summed E-state index contributed by atoms with van der Waals surface area (Å²) in [5.74, 6) is -0.345. The van der Waals surface area contributed by atoms with E-state index in [1.807, 2.05) is 12.1 Å². The van der Waals surface area contributed by atoms with E-state index in [0.29, 0.717) is 28.0 Å². The molecule has 9 heteroatoms. The van der Waals surface area contributed by atoms with E-state index in [-0.39, 0.29) is 5.91 Å². The molecule has 0 radical (unpaired) electrons. The van der Waals surface area contributed by atoms with Crippen molar-refractivity contribution in [2.75, 3.05) is 12.0 Å². The van der Waals surface area contributed by atoms with Gasteiger partial charge in [-0.1, -0.05) is 40.6 Å². The minimum absolute atomic E-state index is 0.312. The number of carbonyl (C=O) groups excluding carboxylic acids is 2. The van der Waals surface area contributed by atoms with Crippen LogP contribution in [-0.4, -0.2) is 36.0 Å². The minimum Gasteiger partial charge on any atom is -0.495 e. The van der Waals surface area contributed by atoms with Crippen LogP contribution in [0, 0.1) is 0 Å². The van der Waals surface area contributed by atoms with Crippen LogP contribution in [-0.2, 0) is 16.1 Å². The van der Waals surface area contributed by atoms with Gasteiger partial charge in [-0.05, 0) is 35.9 Å². The molecule has 7 nitrogen and oxygen atoms in total. The van der Waals surface area contributed by atoms with Gasteiger partial charge in [-0.25, -0.2) is 4.90 Å². The smallest absolute Gasteiger partial charge is 0.263 e. The Morgan fingerprint density at radius 3 is 2.48 bits per heavy atom. The Hall–Kier alpha value is -2.64. The Labute approximate surface area is 165 Å². The number of nitrogens with zero attached hydrogens (tertiary/aromatic N) is 4. The van der Waals surface area contributed by atoms with Crippen molar-refractivity contribution in [2.45, 2.75) is 18.6 Å². The van der Waals surface area contributed by atoms with Gasteiger partial charge in [-0.15, -0.1) is 0 Å². The van der Waals surface area contributed by atoms with Crippen molar-refractivity contribution < 1.29 is 14.3 Å². The summed E-state index contributed by atoms with van der Waals surface area (Å²) in [5, 5.41) is 10.5. The third kappa shape index (κ3) is 3.02. The predicted molar refractivity (Wildman–Crippen MR) is 99.9 cm³/mol. The van der Waals surface area contributed by atoms with Crippen LogP contribution in [0.2, 0.25) is 10.0 Å². The van der Waals surface area contributed by atoms with E-state index in [4.69, 9.17) is 27.9 Å². The van der Waals surface area contributed by atoms with Gasteiger partial charge >= 0.3 is 0 Å². The minimum atomic E-state index is -0.856. The van der Waals surface area contributed by atoms with Gasteiger partial charge in [0.1, 0.15) is 5.75 Å². The number of carbonyl (C=O) groups is 2. The number of benzene rings is 2. The molecule has 0 N–H and O–H groups in total. The molecule has 0 saturated carbocycles. The highest BCUT2D eigenvalue weighted by Gasteiger charge is 2.54. The van der Waals surface area contributed by atoms with E-state index in [0.717, 1.165) is 10.5 Å². The van der Waals surface area contributed by atoms with Gasteiger partial charge in [0.25, 0.3) is 11.8 Å². The fraction of sp³-hybridized carbons (Fsp3) is 0.222. The molecule has 2 aliphatic rings. The summed E-state index contributed by atoms with van der Waals surface area (Å²) in [7, 11) is 1.49. The Balaban J connectivity index is 1.59. The highest BCUT2D eigenvalue weighted by atomic mass is 35.5. The topological polar surface area (TPSA) is 74.6 Å². The number of rotatable bonds is 4. The molecule has 2 unspecified atom stereocenters. The van der Waals surface area contributed by atoms with Crippen LogP contribution >= 0.6 is 23.2 Å². The van der Waals surface area contributed by atoms with Crippen LogP contribution in [0.1, 0.15) is 5.56 Å². The van der Waals surface area contributed by atoms with Gasteiger partial charge in [-0.2, -0.15) is 5.11 Å². The second-order valence-electron chi connectivity index (χ2n) is 6.15. The standard InChI is InChI=1S/C18H14Cl2N4O3/c1-27-14-7-6-12(8-13(14)20)24-17(25)15-16(18(24)26)23(22-21-15)9-10-2-4-11(19)5-3-10/h2-8,15-16H,9H2,1H3. The Morgan fingerprint density at radius 2 is 1.81 bits per heavy atom. The van der Waals surface area contributed by atoms with Gasteiger partial charge in [0, 0.05) is 5.02 Å². The zero-order valence-corrected chi connectivity index (χ0v) is 15.7. The molecule has 1 fully saturated rings. The van der Waals surface area contributed by atoms with Gasteiger partial charge in [0.15, 0.2) is 12.1 Å². The summed E-state index contributed by atoms with van der Waals surface area (Å²) < 4.78 is 5.11. The summed E-state index contributed by atoms with van der Waals surface area (Å²) in [5.41, 5.74) is 1.29. The number of imide groups is 1. The van der Waals surface area contributed by atoms with Crippen LogP contribution in [0.15, 0.2) is 52.8 Å². The summed E-state index contributed by atoms with van der Waals surface area (Å²) in [6.45, 7) is 0.345. The molecule has 0 bridgehead atoms. The first-order valence-electron chi connectivity index (χ1n) is 8.13. The van der Waals surface area contributed by atoms with Crippen LogP contribution in [0.3, 0.4) is 0 Å². The zero-order chi connectivity index (χ0) is 19.1. The third-order valence-electron chi connectivity index (χ3n) is 4.51. The normalized spacial score (nSPS) is 21.1. The largest absolute Gasteiger partial charge is 0.495 e. The molecule has 4 rings (SSSR count). The zero-order valence-electron chi connectivity index (χ0n) is 14.2. The molecule has 138 valence electrons. The van der Waals surface area contributed by atoms with E-state index in [1.54, 1.807) is 24.3 Å². The lowest BCUT2D eigenvalue weighted by Crippen LogP contribution is -2.39. The number of amides is 2. The number of ether oxygens (including phenoxy) is 1. The number of hydrogen-bond acceptors (Lipinski definition) is 6. The average Bonchev–Trinajstić information content (AvgIpc) is 3.17. The Bertz CT molecular complexity index is 948. The predicted octanol–water partition coefficient (Wildman–Crippen LogP) is 3.50. The lowest BCUT2D eigenvalue weighted by molar-refractivity contribution is -0.123. The van der Waals surface area contributed by atoms with E-state index in [1.165, 1.54) is 18.2 Å². The monoisotopic (exact) mass is 404 g/mol. The lowest BCUT2D eigenvalue weighted by atomic mass is 10.1. The molecule has 0 aliphatic carbocycles. The Morgan fingerprint density at radius 1 is 1.07 bits per heavy atom. The highest BCUT2D eigenvalue weighted by Crippen LogP contribution is 2.35. The quantitative estimate of drug-likeness (QED) is 0.730. The van der Waals surface area contributed by atoms with Crippen LogP contribution in [0.25, 0.3) is 0 Å². The average molecular weight is 405 g/mol. The first-order chi connectivity index (χ1) is 13.0. The van der Waals surface area contributed by atoms with Crippen molar-refractivity contribution in [1.29, 1.82) is 0 Å². The maximum Gasteiger partial charge on any atom is 0.263 e. The van der Waals surface area contributed by atoms with Gasteiger partial charge in [-0.3, -0.25) is 14.6 Å². The molecule has 2 amide bonds. The number of methoxy groups -OCH3 is 1. The van der Waals surface area contributed by atoms with Crippen molar-refractivity contribution in [3.63, 3.8) is 0 Å².